The van der Waals surface area contributed by atoms with Crippen LogP contribution in [0.3, 0.4) is 0 Å². The number of hydrogen-bond acceptors (Lipinski definition) is 2. The monoisotopic (exact) mass is 314 g/mol. The molecule has 1 aliphatic rings. The molecular weight excluding hydrogens is 288 g/mol. The van der Waals surface area contributed by atoms with E-state index in [1.807, 2.05) is 30.3 Å². The van der Waals surface area contributed by atoms with Crippen molar-refractivity contribution in [3.63, 3.8) is 0 Å². The summed E-state index contributed by atoms with van der Waals surface area (Å²) in [5.41, 5.74) is 1.23. The van der Waals surface area contributed by atoms with E-state index in [1.165, 1.54) is 0 Å². The molecule has 3 heteroatoms. The number of ether oxygens (including phenoxy) is 1. The van der Waals surface area contributed by atoms with Crippen molar-refractivity contribution in [3.8, 4) is 0 Å². The van der Waals surface area contributed by atoms with Crippen molar-refractivity contribution in [3.05, 3.63) is 60.7 Å². The highest BCUT2D eigenvalue weighted by molar-refractivity contribution is 5.81. The topological polar surface area (TPSA) is 46.5 Å². The van der Waals surface area contributed by atoms with Gasteiger partial charge in [-0.3, -0.25) is 4.79 Å². The molecule has 0 heterocycles. The standard InChI is InChI=1S/C20H26O3/c1-3-5-16-10-12-20(13-11-16,19(21)22)18-8-6-17(7-9-18)15-23-14-4-2/h3-4,6-9,16H,1-2,5,10-15H2,(H,21,22). The molecule has 23 heavy (non-hydrogen) atoms. The fourth-order valence-electron chi connectivity index (χ4n) is 3.45. The van der Waals surface area contributed by atoms with Crippen LogP contribution in [-0.4, -0.2) is 17.7 Å². The number of benzene rings is 1. The Morgan fingerprint density at radius 1 is 1.22 bits per heavy atom. The number of aliphatic carboxylic acids is 1. The van der Waals surface area contributed by atoms with E-state index >= 15 is 0 Å². The Hall–Kier alpha value is -1.87. The van der Waals surface area contributed by atoms with Crippen LogP contribution in [0.2, 0.25) is 0 Å². The first-order valence-electron chi connectivity index (χ1n) is 8.24. The van der Waals surface area contributed by atoms with Crippen LogP contribution in [0, 0.1) is 5.92 Å². The smallest absolute Gasteiger partial charge is 0.314 e. The van der Waals surface area contributed by atoms with Crippen molar-refractivity contribution < 1.29 is 14.6 Å². The Kier molecular flexibility index (Phi) is 6.17. The van der Waals surface area contributed by atoms with Gasteiger partial charge in [-0.2, -0.15) is 0 Å². The lowest BCUT2D eigenvalue weighted by molar-refractivity contribution is -0.145. The zero-order valence-electron chi connectivity index (χ0n) is 13.7. The third kappa shape index (κ3) is 4.11. The molecule has 2 rings (SSSR count). The maximum Gasteiger partial charge on any atom is 0.314 e. The number of carboxylic acids is 1. The second-order valence-electron chi connectivity index (χ2n) is 6.36. The van der Waals surface area contributed by atoms with E-state index in [1.54, 1.807) is 6.08 Å². The van der Waals surface area contributed by atoms with Gasteiger partial charge in [0, 0.05) is 0 Å². The highest BCUT2D eigenvalue weighted by Crippen LogP contribution is 2.43. The number of allylic oxidation sites excluding steroid dienone is 1. The summed E-state index contributed by atoms with van der Waals surface area (Å²) >= 11 is 0. The van der Waals surface area contributed by atoms with Gasteiger partial charge in [0.1, 0.15) is 0 Å². The van der Waals surface area contributed by atoms with Gasteiger partial charge in [-0.05, 0) is 49.1 Å². The molecule has 1 aromatic carbocycles. The molecule has 3 nitrogen and oxygen atoms in total. The van der Waals surface area contributed by atoms with Crippen LogP contribution in [-0.2, 0) is 21.6 Å². The van der Waals surface area contributed by atoms with Crippen molar-refractivity contribution in [2.75, 3.05) is 6.61 Å². The van der Waals surface area contributed by atoms with E-state index in [2.05, 4.69) is 13.2 Å². The summed E-state index contributed by atoms with van der Waals surface area (Å²) in [7, 11) is 0. The summed E-state index contributed by atoms with van der Waals surface area (Å²) in [4.78, 5) is 12.0. The SMILES string of the molecule is C=CCOCc1ccc(C2(C(=O)O)CCC(CC=C)CC2)cc1. The number of rotatable bonds is 8. The quantitative estimate of drug-likeness (QED) is 0.568. The second kappa shape index (κ2) is 8.11. The fourth-order valence-corrected chi connectivity index (χ4v) is 3.45. The highest BCUT2D eigenvalue weighted by Gasteiger charge is 2.43. The van der Waals surface area contributed by atoms with Gasteiger partial charge in [0.2, 0.25) is 0 Å². The minimum absolute atomic E-state index is 0.519. The molecule has 1 aliphatic carbocycles. The first kappa shape index (κ1) is 17.5. The molecule has 1 fully saturated rings. The Morgan fingerprint density at radius 3 is 2.39 bits per heavy atom. The summed E-state index contributed by atoms with van der Waals surface area (Å²) in [5.74, 6) is -0.128. The predicted molar refractivity (Wildman–Crippen MR) is 92.4 cm³/mol. The first-order chi connectivity index (χ1) is 11.1. The molecule has 0 spiro atoms. The summed E-state index contributed by atoms with van der Waals surface area (Å²) in [6, 6.07) is 7.85. The van der Waals surface area contributed by atoms with E-state index in [0.29, 0.717) is 32.0 Å². The summed E-state index contributed by atoms with van der Waals surface area (Å²) in [6.45, 7) is 8.45. The zero-order chi connectivity index (χ0) is 16.7. The molecule has 1 saturated carbocycles. The predicted octanol–water partition coefficient (Wildman–Crippen LogP) is 4.48. The zero-order valence-corrected chi connectivity index (χ0v) is 13.7. The summed E-state index contributed by atoms with van der Waals surface area (Å²) in [6.07, 6.45) is 7.94. The number of hydrogen-bond donors (Lipinski definition) is 1. The van der Waals surface area contributed by atoms with Crippen LogP contribution in [0.5, 0.6) is 0 Å². The minimum atomic E-state index is -0.738. The lowest BCUT2D eigenvalue weighted by atomic mass is 9.66. The minimum Gasteiger partial charge on any atom is -0.481 e. The van der Waals surface area contributed by atoms with Crippen LogP contribution in [0.1, 0.15) is 43.2 Å². The van der Waals surface area contributed by atoms with Crippen LogP contribution in [0.15, 0.2) is 49.6 Å². The van der Waals surface area contributed by atoms with Crippen molar-refractivity contribution in [1.29, 1.82) is 0 Å². The lowest BCUT2D eigenvalue weighted by Gasteiger charge is -2.37. The largest absolute Gasteiger partial charge is 0.481 e. The van der Waals surface area contributed by atoms with Crippen LogP contribution < -0.4 is 0 Å². The van der Waals surface area contributed by atoms with Crippen molar-refractivity contribution in [1.82, 2.24) is 0 Å². The average molecular weight is 314 g/mol. The Morgan fingerprint density at radius 2 is 1.87 bits per heavy atom. The van der Waals surface area contributed by atoms with E-state index in [-0.39, 0.29) is 0 Å². The average Bonchev–Trinajstić information content (AvgIpc) is 2.57. The van der Waals surface area contributed by atoms with Crippen molar-refractivity contribution >= 4 is 5.97 Å². The molecule has 124 valence electrons. The van der Waals surface area contributed by atoms with Gasteiger partial charge in [0.15, 0.2) is 0 Å². The van der Waals surface area contributed by atoms with Gasteiger partial charge in [-0.25, -0.2) is 0 Å². The Balaban J connectivity index is 2.11. The number of carbonyl (C=O) groups is 1. The van der Waals surface area contributed by atoms with E-state index < -0.39 is 11.4 Å². The third-order valence-corrected chi connectivity index (χ3v) is 4.88. The fraction of sp³-hybridized carbons (Fsp3) is 0.450. The highest BCUT2D eigenvalue weighted by atomic mass is 16.5. The molecule has 0 amide bonds. The molecule has 0 unspecified atom stereocenters. The molecule has 0 atom stereocenters. The molecule has 0 aliphatic heterocycles. The normalized spacial score (nSPS) is 24.1. The molecule has 0 saturated heterocycles. The first-order valence-corrected chi connectivity index (χ1v) is 8.24. The van der Waals surface area contributed by atoms with Gasteiger partial charge in [0.25, 0.3) is 0 Å². The van der Waals surface area contributed by atoms with Crippen LogP contribution in [0.4, 0.5) is 0 Å². The molecule has 1 N–H and O–H groups in total. The molecular formula is C20H26O3. The van der Waals surface area contributed by atoms with Gasteiger partial charge in [-0.15, -0.1) is 13.2 Å². The molecule has 1 aromatic rings. The van der Waals surface area contributed by atoms with Crippen molar-refractivity contribution in [2.24, 2.45) is 5.92 Å². The van der Waals surface area contributed by atoms with E-state index in [4.69, 9.17) is 4.74 Å². The van der Waals surface area contributed by atoms with Gasteiger partial charge < -0.3 is 9.84 Å². The summed E-state index contributed by atoms with van der Waals surface area (Å²) < 4.78 is 5.42. The molecule has 0 bridgehead atoms. The lowest BCUT2D eigenvalue weighted by Crippen LogP contribution is -2.39. The van der Waals surface area contributed by atoms with Gasteiger partial charge in [0.05, 0.1) is 18.6 Å². The summed E-state index contributed by atoms with van der Waals surface area (Å²) in [5, 5.41) is 9.85. The molecule has 0 radical (unpaired) electrons. The van der Waals surface area contributed by atoms with Gasteiger partial charge >= 0.3 is 5.97 Å². The van der Waals surface area contributed by atoms with Crippen molar-refractivity contribution in [2.45, 2.75) is 44.1 Å². The van der Waals surface area contributed by atoms with E-state index in [9.17, 15) is 9.90 Å². The van der Waals surface area contributed by atoms with Gasteiger partial charge in [-0.1, -0.05) is 36.4 Å². The maximum atomic E-state index is 12.0. The second-order valence-corrected chi connectivity index (χ2v) is 6.36. The van der Waals surface area contributed by atoms with E-state index in [0.717, 1.165) is 30.4 Å². The Bertz CT molecular complexity index is 537. The van der Waals surface area contributed by atoms with Crippen LogP contribution >= 0.6 is 0 Å². The maximum absolute atomic E-state index is 12.0. The molecule has 0 aromatic heterocycles. The Labute approximate surface area is 138 Å². The number of carboxylic acid groups (broad SMARTS) is 1. The van der Waals surface area contributed by atoms with Crippen LogP contribution in [0.25, 0.3) is 0 Å². The third-order valence-electron chi connectivity index (χ3n) is 4.88.